The molecule has 1 aliphatic rings. The third-order valence-electron chi connectivity index (χ3n) is 3.65. The van der Waals surface area contributed by atoms with Gasteiger partial charge in [-0.1, -0.05) is 30.3 Å². The van der Waals surface area contributed by atoms with Crippen molar-refractivity contribution in [3.8, 4) is 0 Å². The van der Waals surface area contributed by atoms with E-state index in [1.54, 1.807) is 0 Å². The van der Waals surface area contributed by atoms with E-state index in [9.17, 15) is 18.0 Å². The lowest BCUT2D eigenvalue weighted by Gasteiger charge is -2.43. The maximum Gasteiger partial charge on any atom is 0.411 e. The molecule has 0 saturated heterocycles. The van der Waals surface area contributed by atoms with E-state index in [1.807, 2.05) is 30.3 Å². The summed E-state index contributed by atoms with van der Waals surface area (Å²) in [7, 11) is 0. The van der Waals surface area contributed by atoms with E-state index >= 15 is 0 Å². The Morgan fingerprint density at radius 2 is 1.90 bits per heavy atom. The van der Waals surface area contributed by atoms with Crippen molar-refractivity contribution >= 4 is 5.91 Å². The minimum Gasteiger partial charge on any atom is -0.372 e. The fourth-order valence-electron chi connectivity index (χ4n) is 2.46. The number of ether oxygens (including phenoxy) is 1. The van der Waals surface area contributed by atoms with Crippen LogP contribution in [0.15, 0.2) is 30.3 Å². The first-order valence-corrected chi connectivity index (χ1v) is 6.92. The van der Waals surface area contributed by atoms with Crippen molar-refractivity contribution in [2.24, 2.45) is 0 Å². The van der Waals surface area contributed by atoms with Crippen LogP contribution in [0.4, 0.5) is 13.2 Å². The summed E-state index contributed by atoms with van der Waals surface area (Å²) in [5.74, 6) is -0.277. The quantitative estimate of drug-likeness (QED) is 0.820. The zero-order valence-electron chi connectivity index (χ0n) is 11.6. The molecule has 3 nitrogen and oxygen atoms in total. The fourth-order valence-corrected chi connectivity index (χ4v) is 2.46. The van der Waals surface area contributed by atoms with E-state index < -0.39 is 12.8 Å². The van der Waals surface area contributed by atoms with Crippen LogP contribution in [-0.2, 0) is 15.1 Å². The lowest BCUT2D eigenvalue weighted by molar-refractivity contribution is -0.174. The van der Waals surface area contributed by atoms with Crippen molar-refractivity contribution in [1.29, 1.82) is 0 Å². The van der Waals surface area contributed by atoms with Crippen molar-refractivity contribution in [1.82, 2.24) is 5.32 Å². The van der Waals surface area contributed by atoms with E-state index in [1.165, 1.54) is 0 Å². The highest BCUT2D eigenvalue weighted by Gasteiger charge is 2.39. The van der Waals surface area contributed by atoms with Gasteiger partial charge in [0.1, 0.15) is 6.61 Å². The molecule has 1 amide bonds. The molecule has 21 heavy (non-hydrogen) atoms. The predicted molar refractivity (Wildman–Crippen MR) is 71.6 cm³/mol. The number of amides is 1. The minimum absolute atomic E-state index is 0.0648. The molecule has 0 heterocycles. The van der Waals surface area contributed by atoms with E-state index in [0.717, 1.165) is 24.8 Å². The molecule has 1 aromatic rings. The Bertz CT molecular complexity index is 470. The molecular formula is C15H18F3NO2. The summed E-state index contributed by atoms with van der Waals surface area (Å²) >= 11 is 0. The van der Waals surface area contributed by atoms with Gasteiger partial charge in [0, 0.05) is 6.42 Å². The summed E-state index contributed by atoms with van der Waals surface area (Å²) in [6.45, 7) is -1.54. The Morgan fingerprint density at radius 3 is 2.43 bits per heavy atom. The second-order valence-electron chi connectivity index (χ2n) is 5.27. The number of hydrogen-bond acceptors (Lipinski definition) is 2. The van der Waals surface area contributed by atoms with Gasteiger partial charge in [0.05, 0.1) is 12.1 Å². The number of hydrogen-bond donors (Lipinski definition) is 1. The molecule has 1 aliphatic carbocycles. The molecule has 0 aromatic heterocycles. The third-order valence-corrected chi connectivity index (χ3v) is 3.65. The second kappa shape index (κ2) is 6.47. The van der Waals surface area contributed by atoms with Crippen molar-refractivity contribution in [2.75, 3.05) is 13.2 Å². The van der Waals surface area contributed by atoms with Crippen molar-refractivity contribution < 1.29 is 22.7 Å². The van der Waals surface area contributed by atoms with Gasteiger partial charge in [-0.25, -0.2) is 0 Å². The molecule has 0 atom stereocenters. The summed E-state index contributed by atoms with van der Waals surface area (Å²) in [4.78, 5) is 11.9. The van der Waals surface area contributed by atoms with Gasteiger partial charge < -0.3 is 10.1 Å². The zero-order valence-corrected chi connectivity index (χ0v) is 11.6. The summed E-state index contributed by atoms with van der Waals surface area (Å²) in [6, 6.07) is 9.64. The van der Waals surface area contributed by atoms with Gasteiger partial charge >= 0.3 is 6.18 Å². The molecule has 1 N–H and O–H groups in total. The standard InChI is InChI=1S/C15H18F3NO2/c16-15(17,18)11-21-10-7-13(20)19-14(8-4-9-14)12-5-2-1-3-6-12/h1-3,5-6H,4,7-11H2,(H,19,20). The first kappa shape index (κ1) is 15.8. The minimum atomic E-state index is -4.35. The van der Waals surface area contributed by atoms with Crippen LogP contribution in [0.5, 0.6) is 0 Å². The van der Waals surface area contributed by atoms with Gasteiger partial charge in [-0.15, -0.1) is 0 Å². The van der Waals surface area contributed by atoms with Crippen molar-refractivity contribution in [3.05, 3.63) is 35.9 Å². The average Bonchev–Trinajstić information content (AvgIpc) is 2.39. The molecule has 1 aromatic carbocycles. The maximum atomic E-state index is 11.9. The smallest absolute Gasteiger partial charge is 0.372 e. The number of nitrogens with one attached hydrogen (secondary N) is 1. The Balaban J connectivity index is 1.81. The number of rotatable bonds is 6. The Morgan fingerprint density at radius 1 is 1.24 bits per heavy atom. The molecule has 0 radical (unpaired) electrons. The van der Waals surface area contributed by atoms with E-state index in [-0.39, 0.29) is 24.5 Å². The largest absolute Gasteiger partial charge is 0.411 e. The zero-order chi connectivity index (χ0) is 15.3. The van der Waals surface area contributed by atoms with Gasteiger partial charge in [-0.05, 0) is 24.8 Å². The normalized spacial score (nSPS) is 17.1. The SMILES string of the molecule is O=C(CCOCC(F)(F)F)NC1(c2ccccc2)CCC1. The first-order chi connectivity index (χ1) is 9.91. The van der Waals surface area contributed by atoms with E-state index in [2.05, 4.69) is 10.1 Å². The molecule has 0 spiro atoms. The summed E-state index contributed by atoms with van der Waals surface area (Å²) in [6.07, 6.45) is -1.68. The molecule has 1 saturated carbocycles. The summed E-state index contributed by atoms with van der Waals surface area (Å²) in [5, 5.41) is 2.94. The number of carbonyl (C=O) groups excluding carboxylic acids is 1. The van der Waals surface area contributed by atoms with Crippen LogP contribution >= 0.6 is 0 Å². The Labute approximate surface area is 121 Å². The Hall–Kier alpha value is -1.56. The molecule has 2 rings (SSSR count). The predicted octanol–water partition coefficient (Wildman–Crippen LogP) is 3.15. The molecule has 116 valence electrons. The van der Waals surface area contributed by atoms with Gasteiger partial charge in [-0.3, -0.25) is 4.79 Å². The number of benzene rings is 1. The first-order valence-electron chi connectivity index (χ1n) is 6.92. The van der Waals surface area contributed by atoms with Crippen molar-refractivity contribution in [3.63, 3.8) is 0 Å². The second-order valence-corrected chi connectivity index (χ2v) is 5.27. The van der Waals surface area contributed by atoms with Gasteiger partial charge in [0.2, 0.25) is 5.91 Å². The molecule has 0 bridgehead atoms. The molecule has 6 heteroatoms. The molecule has 0 unspecified atom stereocenters. The van der Waals surface area contributed by atoms with Crippen LogP contribution in [-0.4, -0.2) is 25.3 Å². The maximum absolute atomic E-state index is 11.9. The topological polar surface area (TPSA) is 38.3 Å². The van der Waals surface area contributed by atoms with Gasteiger partial charge in [0.25, 0.3) is 0 Å². The fraction of sp³-hybridized carbons (Fsp3) is 0.533. The van der Waals surface area contributed by atoms with Crippen molar-refractivity contribution in [2.45, 2.75) is 37.4 Å². The van der Waals surface area contributed by atoms with Crippen LogP contribution in [0, 0.1) is 0 Å². The van der Waals surface area contributed by atoms with Gasteiger partial charge in [0.15, 0.2) is 0 Å². The summed E-state index contributed by atoms with van der Waals surface area (Å²) in [5.41, 5.74) is 0.684. The average molecular weight is 301 g/mol. The lowest BCUT2D eigenvalue weighted by atomic mass is 9.71. The van der Waals surface area contributed by atoms with Crippen LogP contribution in [0.2, 0.25) is 0 Å². The highest BCUT2D eigenvalue weighted by molar-refractivity contribution is 5.77. The van der Waals surface area contributed by atoms with Crippen LogP contribution in [0.3, 0.4) is 0 Å². The lowest BCUT2D eigenvalue weighted by Crippen LogP contribution is -2.51. The monoisotopic (exact) mass is 301 g/mol. The number of halogens is 3. The van der Waals surface area contributed by atoms with Crippen LogP contribution in [0.1, 0.15) is 31.2 Å². The molecular weight excluding hydrogens is 283 g/mol. The summed E-state index contributed by atoms with van der Waals surface area (Å²) < 4.78 is 40.2. The highest BCUT2D eigenvalue weighted by atomic mass is 19.4. The Kier molecular flexibility index (Phi) is 4.88. The molecule has 0 aliphatic heterocycles. The molecule has 1 fully saturated rings. The highest BCUT2D eigenvalue weighted by Crippen LogP contribution is 2.41. The van der Waals surface area contributed by atoms with Gasteiger partial charge in [-0.2, -0.15) is 13.2 Å². The third kappa shape index (κ3) is 4.46. The van der Waals surface area contributed by atoms with E-state index in [4.69, 9.17) is 0 Å². The van der Waals surface area contributed by atoms with Crippen LogP contribution < -0.4 is 5.32 Å². The van der Waals surface area contributed by atoms with Crippen LogP contribution in [0.25, 0.3) is 0 Å². The number of alkyl halides is 3. The van der Waals surface area contributed by atoms with E-state index in [0.29, 0.717) is 0 Å². The number of carbonyl (C=O) groups is 1.